The molecule has 0 aromatic carbocycles. The fraction of sp³-hybridized carbons (Fsp3) is 0.600. The summed E-state index contributed by atoms with van der Waals surface area (Å²) in [5.41, 5.74) is 0. The van der Waals surface area contributed by atoms with E-state index in [4.69, 9.17) is 4.74 Å². The smallest absolute Gasteiger partial charge is 0.216 e. The van der Waals surface area contributed by atoms with Crippen LogP contribution in [0.4, 0.5) is 5.95 Å². The highest BCUT2D eigenvalue weighted by Gasteiger charge is 2.01. The largest absolute Gasteiger partial charge is 0.383 e. The maximum absolute atomic E-state index is 10.7. The Morgan fingerprint density at radius 3 is 3.06 bits per heavy atom. The van der Waals surface area contributed by atoms with E-state index in [1.165, 1.54) is 6.92 Å². The summed E-state index contributed by atoms with van der Waals surface area (Å²) in [4.78, 5) is 14.9. The van der Waals surface area contributed by atoms with Gasteiger partial charge in [-0.05, 0) is 0 Å². The van der Waals surface area contributed by atoms with Crippen molar-refractivity contribution >= 4 is 11.9 Å². The van der Waals surface area contributed by atoms with Crippen molar-refractivity contribution in [3.05, 3.63) is 12.4 Å². The van der Waals surface area contributed by atoms with Gasteiger partial charge in [-0.3, -0.25) is 4.79 Å². The van der Waals surface area contributed by atoms with Crippen LogP contribution in [-0.4, -0.2) is 42.3 Å². The first kappa shape index (κ1) is 12.5. The van der Waals surface area contributed by atoms with Crippen molar-refractivity contribution in [3.63, 3.8) is 0 Å². The van der Waals surface area contributed by atoms with Crippen LogP contribution < -0.4 is 10.6 Å². The van der Waals surface area contributed by atoms with Gasteiger partial charge in [-0.1, -0.05) is 0 Å². The van der Waals surface area contributed by atoms with E-state index in [0.717, 1.165) is 5.95 Å². The van der Waals surface area contributed by atoms with Crippen LogP contribution in [0.2, 0.25) is 0 Å². The molecule has 1 amide bonds. The Balaban J connectivity index is 2.34. The van der Waals surface area contributed by atoms with Gasteiger partial charge in [0.15, 0.2) is 0 Å². The van der Waals surface area contributed by atoms with Gasteiger partial charge in [-0.25, -0.2) is 4.98 Å². The molecule has 0 saturated carbocycles. The van der Waals surface area contributed by atoms with Crippen LogP contribution in [0.25, 0.3) is 0 Å². The van der Waals surface area contributed by atoms with Crippen LogP contribution in [0.1, 0.15) is 6.92 Å². The summed E-state index contributed by atoms with van der Waals surface area (Å²) < 4.78 is 6.89. The monoisotopic (exact) mass is 226 g/mol. The minimum atomic E-state index is -0.0194. The molecule has 1 rings (SSSR count). The topological polar surface area (TPSA) is 68.2 Å². The van der Waals surface area contributed by atoms with Gasteiger partial charge in [0.25, 0.3) is 0 Å². The Bertz CT molecular complexity index is 324. The lowest BCUT2D eigenvalue weighted by Crippen LogP contribution is -2.25. The van der Waals surface area contributed by atoms with E-state index in [2.05, 4.69) is 15.6 Å². The molecule has 1 heterocycles. The van der Waals surface area contributed by atoms with Gasteiger partial charge in [0, 0.05) is 46.1 Å². The molecule has 0 aliphatic carbocycles. The lowest BCUT2D eigenvalue weighted by Gasteiger charge is -2.09. The van der Waals surface area contributed by atoms with Crippen molar-refractivity contribution in [1.82, 2.24) is 14.9 Å². The Labute approximate surface area is 95.0 Å². The van der Waals surface area contributed by atoms with Crippen LogP contribution >= 0.6 is 0 Å². The Kier molecular flexibility index (Phi) is 5.35. The summed E-state index contributed by atoms with van der Waals surface area (Å²) in [5.74, 6) is 0.774. The molecule has 0 spiro atoms. The normalized spacial score (nSPS) is 10.1. The molecule has 6 nitrogen and oxygen atoms in total. The molecule has 0 aliphatic rings. The molecule has 0 aliphatic heterocycles. The zero-order chi connectivity index (χ0) is 11.8. The second kappa shape index (κ2) is 6.84. The molecular formula is C10H18N4O2. The second-order valence-electron chi connectivity index (χ2n) is 3.35. The molecule has 0 unspecified atom stereocenters. The molecule has 90 valence electrons. The number of nitrogens with one attached hydrogen (secondary N) is 2. The van der Waals surface area contributed by atoms with E-state index in [-0.39, 0.29) is 5.91 Å². The number of ether oxygens (including phenoxy) is 1. The average molecular weight is 226 g/mol. The number of nitrogens with zero attached hydrogens (tertiary/aromatic N) is 2. The molecule has 0 atom stereocenters. The maximum Gasteiger partial charge on any atom is 0.216 e. The van der Waals surface area contributed by atoms with Gasteiger partial charge in [0.05, 0.1) is 6.61 Å². The minimum absolute atomic E-state index is 0.0194. The summed E-state index contributed by atoms with van der Waals surface area (Å²) in [7, 11) is 1.66. The van der Waals surface area contributed by atoms with Crippen molar-refractivity contribution in [2.45, 2.75) is 13.5 Å². The summed E-state index contributed by atoms with van der Waals surface area (Å²) in [6.45, 7) is 4.16. The molecular weight excluding hydrogens is 208 g/mol. The fourth-order valence-corrected chi connectivity index (χ4v) is 1.27. The summed E-state index contributed by atoms with van der Waals surface area (Å²) >= 11 is 0. The number of hydrogen-bond donors (Lipinski definition) is 2. The van der Waals surface area contributed by atoms with E-state index in [1.807, 2.05) is 10.8 Å². The molecule has 1 aromatic heterocycles. The minimum Gasteiger partial charge on any atom is -0.383 e. The molecule has 0 bridgehead atoms. The van der Waals surface area contributed by atoms with Crippen molar-refractivity contribution in [2.24, 2.45) is 0 Å². The van der Waals surface area contributed by atoms with Gasteiger partial charge in [-0.15, -0.1) is 0 Å². The number of hydrogen-bond acceptors (Lipinski definition) is 4. The molecule has 6 heteroatoms. The Morgan fingerprint density at radius 2 is 2.38 bits per heavy atom. The lowest BCUT2D eigenvalue weighted by atomic mass is 10.5. The first-order chi connectivity index (χ1) is 7.74. The molecule has 16 heavy (non-hydrogen) atoms. The summed E-state index contributed by atoms with van der Waals surface area (Å²) in [6, 6.07) is 0. The average Bonchev–Trinajstić information content (AvgIpc) is 2.66. The number of anilines is 1. The Hall–Kier alpha value is -1.56. The molecule has 0 saturated heterocycles. The molecule has 2 N–H and O–H groups in total. The first-order valence-electron chi connectivity index (χ1n) is 5.22. The number of aromatic nitrogens is 2. The lowest BCUT2D eigenvalue weighted by molar-refractivity contribution is -0.118. The summed E-state index contributed by atoms with van der Waals surface area (Å²) in [6.07, 6.45) is 3.60. The van der Waals surface area contributed by atoms with Crippen LogP contribution in [0.3, 0.4) is 0 Å². The first-order valence-corrected chi connectivity index (χ1v) is 5.22. The van der Waals surface area contributed by atoms with Crippen molar-refractivity contribution in [2.75, 3.05) is 32.1 Å². The van der Waals surface area contributed by atoms with Gasteiger partial charge in [0.2, 0.25) is 11.9 Å². The van der Waals surface area contributed by atoms with Crippen molar-refractivity contribution in [1.29, 1.82) is 0 Å². The summed E-state index contributed by atoms with van der Waals surface area (Å²) in [5, 5.41) is 5.88. The van der Waals surface area contributed by atoms with Crippen molar-refractivity contribution in [3.8, 4) is 0 Å². The van der Waals surface area contributed by atoms with Gasteiger partial charge in [0.1, 0.15) is 0 Å². The van der Waals surface area contributed by atoms with E-state index in [9.17, 15) is 4.79 Å². The highest BCUT2D eigenvalue weighted by molar-refractivity contribution is 5.72. The zero-order valence-corrected chi connectivity index (χ0v) is 9.69. The van der Waals surface area contributed by atoms with E-state index >= 15 is 0 Å². The van der Waals surface area contributed by atoms with E-state index in [1.54, 1.807) is 13.3 Å². The van der Waals surface area contributed by atoms with Crippen LogP contribution in [-0.2, 0) is 16.1 Å². The third-order valence-corrected chi connectivity index (χ3v) is 2.03. The van der Waals surface area contributed by atoms with Crippen LogP contribution in [0, 0.1) is 0 Å². The highest BCUT2D eigenvalue weighted by Crippen LogP contribution is 2.02. The number of methoxy groups -OCH3 is 1. The number of carbonyl (C=O) groups is 1. The number of amides is 1. The number of carbonyl (C=O) groups excluding carboxylic acids is 1. The van der Waals surface area contributed by atoms with Crippen molar-refractivity contribution < 1.29 is 9.53 Å². The number of rotatable bonds is 7. The Morgan fingerprint density at radius 1 is 1.56 bits per heavy atom. The predicted molar refractivity (Wildman–Crippen MR) is 61.3 cm³/mol. The van der Waals surface area contributed by atoms with E-state index in [0.29, 0.717) is 26.2 Å². The third-order valence-electron chi connectivity index (χ3n) is 2.03. The predicted octanol–water partition coefficient (Wildman–Crippen LogP) is 0.0775. The standard InChI is InChI=1S/C10H18N4O2/c1-9(15)11-3-6-14-7-4-12-10(14)13-5-8-16-2/h4,7H,3,5-6,8H2,1-2H3,(H,11,15)(H,12,13). The maximum atomic E-state index is 10.7. The van der Waals surface area contributed by atoms with Crippen LogP contribution in [0.5, 0.6) is 0 Å². The van der Waals surface area contributed by atoms with Crippen LogP contribution in [0.15, 0.2) is 12.4 Å². The molecule has 1 aromatic rings. The third kappa shape index (κ3) is 4.31. The van der Waals surface area contributed by atoms with Gasteiger partial charge < -0.3 is 19.9 Å². The number of imidazole rings is 1. The van der Waals surface area contributed by atoms with E-state index < -0.39 is 0 Å². The molecule has 0 fully saturated rings. The highest BCUT2D eigenvalue weighted by atomic mass is 16.5. The van der Waals surface area contributed by atoms with Gasteiger partial charge in [-0.2, -0.15) is 0 Å². The zero-order valence-electron chi connectivity index (χ0n) is 9.69. The quantitative estimate of drug-likeness (QED) is 0.646. The second-order valence-corrected chi connectivity index (χ2v) is 3.35. The van der Waals surface area contributed by atoms with Gasteiger partial charge >= 0.3 is 0 Å². The SMILES string of the molecule is COCCNc1nccn1CCNC(C)=O. The molecule has 0 radical (unpaired) electrons. The fourth-order valence-electron chi connectivity index (χ4n) is 1.27.